The van der Waals surface area contributed by atoms with E-state index in [1.165, 1.54) is 0 Å². The van der Waals surface area contributed by atoms with Crippen molar-refractivity contribution in [1.29, 1.82) is 0 Å². The summed E-state index contributed by atoms with van der Waals surface area (Å²) >= 11 is 3.42. The van der Waals surface area contributed by atoms with Gasteiger partial charge in [-0.3, -0.25) is 4.90 Å². The number of benzene rings is 1. The van der Waals surface area contributed by atoms with E-state index in [-0.39, 0.29) is 13.0 Å². The molecule has 0 spiro atoms. The van der Waals surface area contributed by atoms with Crippen LogP contribution < -0.4 is 0 Å². The second kappa shape index (κ2) is 4.41. The van der Waals surface area contributed by atoms with Crippen LogP contribution in [0.5, 0.6) is 0 Å². The molecule has 1 aromatic carbocycles. The second-order valence-corrected chi connectivity index (χ2v) is 5.37. The fourth-order valence-corrected chi connectivity index (χ4v) is 2.76. The van der Waals surface area contributed by atoms with Crippen LogP contribution in [0.1, 0.15) is 17.5 Å². The molecule has 16 heavy (non-hydrogen) atoms. The van der Waals surface area contributed by atoms with Crippen LogP contribution in [0.3, 0.4) is 0 Å². The molecule has 1 fully saturated rings. The van der Waals surface area contributed by atoms with Gasteiger partial charge in [0.1, 0.15) is 0 Å². The molecule has 2 rings (SSSR count). The average molecular weight is 290 g/mol. The maximum absolute atomic E-state index is 13.0. The third-order valence-electron chi connectivity index (χ3n) is 2.76. The summed E-state index contributed by atoms with van der Waals surface area (Å²) in [6.45, 7) is 2.99. The van der Waals surface area contributed by atoms with E-state index in [9.17, 15) is 8.78 Å². The van der Waals surface area contributed by atoms with Crippen molar-refractivity contribution in [2.75, 3.05) is 13.1 Å². The highest BCUT2D eigenvalue weighted by Gasteiger charge is 2.37. The standard InChI is InChI=1S/C12H14BrF2N/c1-9-4-10(6-11(13)5-9)7-16-3-2-12(14,15)8-16/h4-6H,2-3,7-8H2,1H3. The molecule has 0 aromatic heterocycles. The first kappa shape index (κ1) is 12.0. The first-order valence-corrected chi connectivity index (χ1v) is 6.10. The highest BCUT2D eigenvalue weighted by Crippen LogP contribution is 2.28. The largest absolute Gasteiger partial charge is 0.293 e. The number of halogens is 3. The minimum absolute atomic E-state index is 0.0139. The van der Waals surface area contributed by atoms with E-state index in [1.807, 2.05) is 25.1 Å². The maximum atomic E-state index is 13.0. The molecular weight excluding hydrogens is 276 g/mol. The van der Waals surface area contributed by atoms with Crippen molar-refractivity contribution < 1.29 is 8.78 Å². The molecule has 1 aliphatic heterocycles. The van der Waals surface area contributed by atoms with Crippen molar-refractivity contribution >= 4 is 15.9 Å². The fraction of sp³-hybridized carbons (Fsp3) is 0.500. The van der Waals surface area contributed by atoms with E-state index in [0.29, 0.717) is 13.1 Å². The van der Waals surface area contributed by atoms with Gasteiger partial charge in [-0.25, -0.2) is 8.78 Å². The number of hydrogen-bond acceptors (Lipinski definition) is 1. The van der Waals surface area contributed by atoms with Gasteiger partial charge >= 0.3 is 0 Å². The first-order chi connectivity index (χ1) is 7.44. The molecule has 0 saturated carbocycles. The van der Waals surface area contributed by atoms with Crippen LogP contribution in [0.15, 0.2) is 22.7 Å². The van der Waals surface area contributed by atoms with Gasteiger partial charge in [0, 0.05) is 24.0 Å². The molecule has 4 heteroatoms. The van der Waals surface area contributed by atoms with Gasteiger partial charge in [-0.2, -0.15) is 0 Å². The Hall–Kier alpha value is -0.480. The van der Waals surface area contributed by atoms with E-state index < -0.39 is 5.92 Å². The lowest BCUT2D eigenvalue weighted by molar-refractivity contribution is 0.0115. The molecule has 0 amide bonds. The Bertz CT molecular complexity index is 372. The van der Waals surface area contributed by atoms with Crippen molar-refractivity contribution in [2.24, 2.45) is 0 Å². The monoisotopic (exact) mass is 289 g/mol. The van der Waals surface area contributed by atoms with Crippen molar-refractivity contribution in [3.63, 3.8) is 0 Å². The summed E-state index contributed by atoms with van der Waals surface area (Å²) < 4.78 is 27.0. The van der Waals surface area contributed by atoms with E-state index in [0.717, 1.165) is 15.6 Å². The van der Waals surface area contributed by atoms with Crippen molar-refractivity contribution in [2.45, 2.75) is 25.8 Å². The summed E-state index contributed by atoms with van der Waals surface area (Å²) in [5, 5.41) is 0. The Labute approximate surface area is 103 Å². The predicted octanol–water partition coefficient (Wildman–Crippen LogP) is 3.60. The molecule has 1 aliphatic rings. The van der Waals surface area contributed by atoms with E-state index in [1.54, 1.807) is 4.90 Å². The van der Waals surface area contributed by atoms with Crippen LogP contribution in [0.25, 0.3) is 0 Å². The SMILES string of the molecule is Cc1cc(Br)cc(CN2CCC(F)(F)C2)c1. The van der Waals surface area contributed by atoms with Crippen LogP contribution in [0.4, 0.5) is 8.78 Å². The fourth-order valence-electron chi connectivity index (χ4n) is 2.10. The zero-order valence-corrected chi connectivity index (χ0v) is 10.7. The van der Waals surface area contributed by atoms with E-state index in [4.69, 9.17) is 0 Å². The van der Waals surface area contributed by atoms with Crippen LogP contribution in [-0.4, -0.2) is 23.9 Å². The molecular formula is C12H14BrF2N. The molecule has 0 N–H and O–H groups in total. The van der Waals surface area contributed by atoms with Crippen molar-refractivity contribution in [3.8, 4) is 0 Å². The third-order valence-corrected chi connectivity index (χ3v) is 3.21. The number of likely N-dealkylation sites (tertiary alicyclic amines) is 1. The molecule has 0 aliphatic carbocycles. The summed E-state index contributed by atoms with van der Waals surface area (Å²) in [4.78, 5) is 1.81. The van der Waals surface area contributed by atoms with Gasteiger partial charge in [0.15, 0.2) is 0 Å². The van der Waals surface area contributed by atoms with Crippen LogP contribution in [0.2, 0.25) is 0 Å². The molecule has 1 nitrogen and oxygen atoms in total. The summed E-state index contributed by atoms with van der Waals surface area (Å²) in [6.07, 6.45) is -0.0139. The molecule has 0 radical (unpaired) electrons. The summed E-state index contributed by atoms with van der Waals surface area (Å²) in [7, 11) is 0. The summed E-state index contributed by atoms with van der Waals surface area (Å²) in [5.74, 6) is -2.50. The lowest BCUT2D eigenvalue weighted by Gasteiger charge is -2.16. The number of hydrogen-bond donors (Lipinski definition) is 0. The molecule has 1 saturated heterocycles. The van der Waals surface area contributed by atoms with Gasteiger partial charge < -0.3 is 0 Å². The minimum Gasteiger partial charge on any atom is -0.293 e. The number of rotatable bonds is 2. The van der Waals surface area contributed by atoms with Gasteiger partial charge in [0.25, 0.3) is 5.92 Å². The quantitative estimate of drug-likeness (QED) is 0.804. The summed E-state index contributed by atoms with van der Waals surface area (Å²) in [5.41, 5.74) is 2.24. The number of nitrogens with zero attached hydrogens (tertiary/aromatic N) is 1. The minimum atomic E-state index is -2.50. The third kappa shape index (κ3) is 3.01. The first-order valence-electron chi connectivity index (χ1n) is 5.31. The Morgan fingerprint density at radius 3 is 2.69 bits per heavy atom. The average Bonchev–Trinajstić information content (AvgIpc) is 2.43. The van der Waals surface area contributed by atoms with Crippen LogP contribution in [0, 0.1) is 6.92 Å². The maximum Gasteiger partial charge on any atom is 0.261 e. The highest BCUT2D eigenvalue weighted by molar-refractivity contribution is 9.10. The Morgan fingerprint density at radius 2 is 2.12 bits per heavy atom. The lowest BCUT2D eigenvalue weighted by Crippen LogP contribution is -2.24. The number of aryl methyl sites for hydroxylation is 1. The van der Waals surface area contributed by atoms with Gasteiger partial charge in [-0.1, -0.05) is 22.0 Å². The topological polar surface area (TPSA) is 3.24 Å². The Balaban J connectivity index is 2.05. The van der Waals surface area contributed by atoms with Crippen LogP contribution >= 0.6 is 15.9 Å². The van der Waals surface area contributed by atoms with Crippen molar-refractivity contribution in [3.05, 3.63) is 33.8 Å². The zero-order chi connectivity index (χ0) is 11.8. The Morgan fingerprint density at radius 1 is 1.38 bits per heavy atom. The highest BCUT2D eigenvalue weighted by atomic mass is 79.9. The van der Waals surface area contributed by atoms with Gasteiger partial charge in [0.05, 0.1) is 6.54 Å². The van der Waals surface area contributed by atoms with Crippen LogP contribution in [-0.2, 0) is 6.54 Å². The second-order valence-electron chi connectivity index (χ2n) is 4.45. The molecule has 0 atom stereocenters. The smallest absolute Gasteiger partial charge is 0.261 e. The van der Waals surface area contributed by atoms with E-state index in [2.05, 4.69) is 15.9 Å². The Kier molecular flexibility index (Phi) is 3.31. The molecule has 1 aromatic rings. The molecule has 0 unspecified atom stereocenters. The van der Waals surface area contributed by atoms with Gasteiger partial charge in [-0.15, -0.1) is 0 Å². The van der Waals surface area contributed by atoms with Gasteiger partial charge in [-0.05, 0) is 30.2 Å². The zero-order valence-electron chi connectivity index (χ0n) is 9.14. The molecule has 1 heterocycles. The molecule has 88 valence electrons. The normalized spacial score (nSPS) is 20.2. The predicted molar refractivity (Wildman–Crippen MR) is 63.7 cm³/mol. The lowest BCUT2D eigenvalue weighted by atomic mass is 10.1. The van der Waals surface area contributed by atoms with Crippen molar-refractivity contribution in [1.82, 2.24) is 4.90 Å². The number of alkyl halides is 2. The summed E-state index contributed by atoms with van der Waals surface area (Å²) in [6, 6.07) is 6.05. The molecule has 0 bridgehead atoms. The van der Waals surface area contributed by atoms with Gasteiger partial charge in [0.2, 0.25) is 0 Å². The van der Waals surface area contributed by atoms with E-state index >= 15 is 0 Å².